The molecule has 2 aromatic carbocycles. The first-order chi connectivity index (χ1) is 16.5. The van der Waals surface area contributed by atoms with Gasteiger partial charge in [-0.1, -0.05) is 61.4 Å². The van der Waals surface area contributed by atoms with Crippen molar-refractivity contribution in [2.75, 3.05) is 6.61 Å². The van der Waals surface area contributed by atoms with Crippen LogP contribution in [-0.4, -0.2) is 41.8 Å². The van der Waals surface area contributed by atoms with E-state index in [2.05, 4.69) is 34.9 Å². The minimum absolute atomic E-state index is 0.0282. The zero-order valence-electron chi connectivity index (χ0n) is 19.0. The van der Waals surface area contributed by atoms with Crippen LogP contribution in [0.25, 0.3) is 11.1 Å². The standard InChI is InChI=1S/C27H30N2O5/c30-25(28-24(26(31)32)13-16-9-10-16)14-23(17-11-12-17)29-27(33)34-15-22-20-7-3-1-5-18(20)19-6-2-4-8-21(19)22/h1-8,16-17,22-24H,9-15H2,(H,28,30)(H,29,33)(H,31,32). The lowest BCUT2D eigenvalue weighted by atomic mass is 9.98. The number of carbonyl (C=O) groups excluding carboxylic acids is 2. The molecule has 3 aliphatic carbocycles. The molecular formula is C27H30N2O5. The summed E-state index contributed by atoms with van der Waals surface area (Å²) in [6.45, 7) is 0.214. The molecule has 2 atom stereocenters. The van der Waals surface area contributed by atoms with Crippen molar-refractivity contribution >= 4 is 18.0 Å². The number of alkyl carbamates (subject to hydrolysis) is 1. The first-order valence-electron chi connectivity index (χ1n) is 12.1. The normalized spacial score (nSPS) is 18.4. The Labute approximate surface area is 198 Å². The highest BCUT2D eigenvalue weighted by Crippen LogP contribution is 2.44. The molecule has 0 saturated heterocycles. The number of rotatable bonds is 10. The molecule has 34 heavy (non-hydrogen) atoms. The van der Waals surface area contributed by atoms with E-state index in [1.807, 2.05) is 24.3 Å². The summed E-state index contributed by atoms with van der Waals surface area (Å²) in [5, 5.41) is 14.9. The van der Waals surface area contributed by atoms with Gasteiger partial charge in [-0.05, 0) is 53.4 Å². The molecule has 2 fully saturated rings. The van der Waals surface area contributed by atoms with Gasteiger partial charge >= 0.3 is 12.1 Å². The molecule has 7 nitrogen and oxygen atoms in total. The van der Waals surface area contributed by atoms with Gasteiger partial charge in [-0.15, -0.1) is 0 Å². The molecule has 0 spiro atoms. The number of benzene rings is 2. The molecular weight excluding hydrogens is 432 g/mol. The zero-order valence-corrected chi connectivity index (χ0v) is 19.0. The predicted molar refractivity (Wildman–Crippen MR) is 126 cm³/mol. The van der Waals surface area contributed by atoms with Crippen molar-refractivity contribution in [1.29, 1.82) is 0 Å². The Morgan fingerprint density at radius 3 is 2.09 bits per heavy atom. The highest BCUT2D eigenvalue weighted by atomic mass is 16.5. The van der Waals surface area contributed by atoms with E-state index in [1.54, 1.807) is 0 Å². The number of amides is 2. The van der Waals surface area contributed by atoms with Gasteiger partial charge in [0.15, 0.2) is 0 Å². The molecule has 2 aromatic rings. The highest BCUT2D eigenvalue weighted by Gasteiger charge is 2.36. The van der Waals surface area contributed by atoms with Gasteiger partial charge in [0.25, 0.3) is 0 Å². The summed E-state index contributed by atoms with van der Waals surface area (Å²) in [7, 11) is 0. The second-order valence-electron chi connectivity index (χ2n) is 9.76. The van der Waals surface area contributed by atoms with E-state index in [4.69, 9.17) is 4.74 Å². The molecule has 0 aliphatic heterocycles. The summed E-state index contributed by atoms with van der Waals surface area (Å²) in [6.07, 6.45) is 3.90. The van der Waals surface area contributed by atoms with Gasteiger partial charge in [-0.25, -0.2) is 9.59 Å². The van der Waals surface area contributed by atoms with Crippen LogP contribution in [0.5, 0.6) is 0 Å². The summed E-state index contributed by atoms with van der Waals surface area (Å²) in [6, 6.07) is 15.1. The van der Waals surface area contributed by atoms with Crippen molar-refractivity contribution in [3.8, 4) is 11.1 Å². The molecule has 2 amide bonds. The lowest BCUT2D eigenvalue weighted by molar-refractivity contribution is -0.142. The summed E-state index contributed by atoms with van der Waals surface area (Å²) in [5.41, 5.74) is 4.62. The largest absolute Gasteiger partial charge is 0.480 e. The summed E-state index contributed by atoms with van der Waals surface area (Å²) < 4.78 is 5.63. The number of nitrogens with one attached hydrogen (secondary N) is 2. The smallest absolute Gasteiger partial charge is 0.407 e. The molecule has 0 heterocycles. The number of ether oxygens (including phenoxy) is 1. The molecule has 7 heteroatoms. The Kier molecular flexibility index (Phi) is 6.26. The topological polar surface area (TPSA) is 105 Å². The Balaban J connectivity index is 1.17. The van der Waals surface area contributed by atoms with E-state index >= 15 is 0 Å². The number of fused-ring (bicyclic) bond motifs is 3. The van der Waals surface area contributed by atoms with Crippen LogP contribution in [0.1, 0.15) is 55.6 Å². The third-order valence-electron chi connectivity index (χ3n) is 7.14. The molecule has 3 aliphatic rings. The molecule has 2 unspecified atom stereocenters. The third-order valence-corrected chi connectivity index (χ3v) is 7.14. The van der Waals surface area contributed by atoms with E-state index in [1.165, 1.54) is 11.1 Å². The van der Waals surface area contributed by atoms with Crippen LogP contribution >= 0.6 is 0 Å². The van der Waals surface area contributed by atoms with Gasteiger partial charge in [-0.3, -0.25) is 4.79 Å². The van der Waals surface area contributed by atoms with Crippen LogP contribution in [0, 0.1) is 11.8 Å². The third kappa shape index (κ3) is 5.08. The van der Waals surface area contributed by atoms with Gasteiger partial charge in [0.1, 0.15) is 12.6 Å². The van der Waals surface area contributed by atoms with E-state index in [9.17, 15) is 19.5 Å². The Morgan fingerprint density at radius 1 is 0.912 bits per heavy atom. The maximum Gasteiger partial charge on any atom is 0.407 e. The fraction of sp³-hybridized carbons (Fsp3) is 0.444. The summed E-state index contributed by atoms with van der Waals surface area (Å²) in [4.78, 5) is 36.7. The molecule has 5 rings (SSSR count). The Bertz CT molecular complexity index is 1050. The van der Waals surface area contributed by atoms with Crippen molar-refractivity contribution in [3.63, 3.8) is 0 Å². The number of aliphatic carboxylic acids is 1. The van der Waals surface area contributed by atoms with Crippen LogP contribution in [0.15, 0.2) is 48.5 Å². The number of carbonyl (C=O) groups is 3. The van der Waals surface area contributed by atoms with E-state index < -0.39 is 18.1 Å². The van der Waals surface area contributed by atoms with Gasteiger partial charge in [0.2, 0.25) is 5.91 Å². The predicted octanol–water partition coefficient (Wildman–Crippen LogP) is 4.06. The van der Waals surface area contributed by atoms with Gasteiger partial charge < -0.3 is 20.5 Å². The van der Waals surface area contributed by atoms with Crippen molar-refractivity contribution in [1.82, 2.24) is 10.6 Å². The Morgan fingerprint density at radius 2 is 1.53 bits per heavy atom. The van der Waals surface area contributed by atoms with Gasteiger partial charge in [0, 0.05) is 18.4 Å². The van der Waals surface area contributed by atoms with Crippen molar-refractivity contribution in [3.05, 3.63) is 59.7 Å². The number of hydrogen-bond donors (Lipinski definition) is 3. The van der Waals surface area contributed by atoms with E-state index in [0.717, 1.165) is 36.8 Å². The minimum atomic E-state index is -1.01. The maximum absolute atomic E-state index is 12.7. The monoisotopic (exact) mass is 462 g/mol. The number of carboxylic acids is 1. The summed E-state index contributed by atoms with van der Waals surface area (Å²) in [5.74, 6) is -0.770. The fourth-order valence-electron chi connectivity index (χ4n) is 4.99. The number of carboxylic acid groups (broad SMARTS) is 1. The molecule has 3 N–H and O–H groups in total. The van der Waals surface area contributed by atoms with Crippen molar-refractivity contribution < 1.29 is 24.2 Å². The van der Waals surface area contributed by atoms with Crippen LogP contribution in [-0.2, 0) is 14.3 Å². The van der Waals surface area contributed by atoms with Crippen molar-refractivity contribution in [2.24, 2.45) is 11.8 Å². The molecule has 178 valence electrons. The van der Waals surface area contributed by atoms with E-state index in [0.29, 0.717) is 12.3 Å². The van der Waals surface area contributed by atoms with Crippen LogP contribution < -0.4 is 10.6 Å². The maximum atomic E-state index is 12.7. The van der Waals surface area contributed by atoms with Crippen LogP contribution in [0.4, 0.5) is 4.79 Å². The minimum Gasteiger partial charge on any atom is -0.480 e. The fourth-order valence-corrected chi connectivity index (χ4v) is 4.99. The average Bonchev–Trinajstić information content (AvgIpc) is 3.75. The first kappa shape index (κ1) is 22.4. The van der Waals surface area contributed by atoms with Crippen molar-refractivity contribution in [2.45, 2.75) is 56.5 Å². The average molecular weight is 463 g/mol. The second-order valence-corrected chi connectivity index (χ2v) is 9.76. The van der Waals surface area contributed by atoms with E-state index in [-0.39, 0.29) is 36.8 Å². The van der Waals surface area contributed by atoms with Gasteiger partial charge in [0.05, 0.1) is 0 Å². The van der Waals surface area contributed by atoms with Gasteiger partial charge in [-0.2, -0.15) is 0 Å². The molecule has 0 aromatic heterocycles. The lowest BCUT2D eigenvalue weighted by Gasteiger charge is -2.21. The SMILES string of the molecule is O=C(CC(NC(=O)OCC1c2ccccc2-c2ccccc21)C1CC1)NC(CC1CC1)C(=O)O. The molecule has 2 saturated carbocycles. The first-order valence-corrected chi connectivity index (χ1v) is 12.1. The highest BCUT2D eigenvalue weighted by molar-refractivity contribution is 5.84. The van der Waals surface area contributed by atoms with Crippen LogP contribution in [0.2, 0.25) is 0 Å². The quantitative estimate of drug-likeness (QED) is 0.494. The Hall–Kier alpha value is -3.35. The molecule has 0 bridgehead atoms. The second kappa shape index (κ2) is 9.49. The lowest BCUT2D eigenvalue weighted by Crippen LogP contribution is -2.45. The summed E-state index contributed by atoms with van der Waals surface area (Å²) >= 11 is 0. The number of hydrogen-bond acceptors (Lipinski definition) is 4. The molecule has 0 radical (unpaired) electrons. The van der Waals surface area contributed by atoms with Crippen LogP contribution in [0.3, 0.4) is 0 Å². The zero-order chi connectivity index (χ0) is 23.7.